The number of rotatable bonds is 3. The Bertz CT molecular complexity index is 286. The molecule has 0 unspecified atom stereocenters. The quantitative estimate of drug-likeness (QED) is 0.598. The van der Waals surface area contributed by atoms with E-state index in [1.807, 2.05) is 18.2 Å². The average Bonchev–Trinajstić information content (AvgIpc) is 2.03. The van der Waals surface area contributed by atoms with Crippen molar-refractivity contribution in [2.45, 2.75) is 24.0 Å². The number of hydrogen-bond acceptors (Lipinski definition) is 3. The molecule has 0 spiro atoms. The number of nitrogen functional groups attached to an aromatic ring is 1. The van der Waals surface area contributed by atoms with Gasteiger partial charge in [-0.05, 0) is 18.2 Å². The predicted octanol–water partition coefficient (Wildman–Crippen LogP) is 2.78. The Morgan fingerprint density at radius 3 is 2.54 bits per heavy atom. The first kappa shape index (κ1) is 10.3. The number of methoxy groups -OCH3 is 1. The van der Waals surface area contributed by atoms with Crippen molar-refractivity contribution in [3.63, 3.8) is 0 Å². The van der Waals surface area contributed by atoms with Gasteiger partial charge in [0.25, 0.3) is 0 Å². The zero-order chi connectivity index (χ0) is 9.84. The lowest BCUT2D eigenvalue weighted by atomic mass is 10.3. The summed E-state index contributed by atoms with van der Waals surface area (Å²) in [5.41, 5.74) is 6.47. The van der Waals surface area contributed by atoms with Gasteiger partial charge in [0, 0.05) is 10.1 Å². The van der Waals surface area contributed by atoms with E-state index in [4.69, 9.17) is 10.5 Å². The lowest BCUT2D eigenvalue weighted by Crippen LogP contribution is -1.93. The molecule has 0 aliphatic heterocycles. The van der Waals surface area contributed by atoms with Gasteiger partial charge in [0.15, 0.2) is 0 Å². The highest BCUT2D eigenvalue weighted by Crippen LogP contribution is 2.29. The molecule has 0 radical (unpaired) electrons. The normalized spacial score (nSPS) is 10.5. The maximum absolute atomic E-state index is 5.77. The van der Waals surface area contributed by atoms with Crippen LogP contribution in [0.1, 0.15) is 13.8 Å². The van der Waals surface area contributed by atoms with Crippen LogP contribution in [-0.2, 0) is 0 Å². The molecule has 0 atom stereocenters. The Morgan fingerprint density at radius 2 is 2.08 bits per heavy atom. The second-order valence-corrected chi connectivity index (χ2v) is 4.72. The van der Waals surface area contributed by atoms with Crippen molar-refractivity contribution in [1.82, 2.24) is 0 Å². The number of benzene rings is 1. The standard InChI is InChI=1S/C10H15NOS/c1-7(2)13-8-4-5-10(12-3)9(11)6-8/h4-7H,11H2,1-3H3. The molecule has 1 aromatic carbocycles. The lowest BCUT2D eigenvalue weighted by Gasteiger charge is -2.08. The molecule has 0 fully saturated rings. The maximum Gasteiger partial charge on any atom is 0.141 e. The smallest absolute Gasteiger partial charge is 0.141 e. The molecule has 0 aliphatic carbocycles. The molecule has 0 aliphatic rings. The molecular weight excluding hydrogens is 182 g/mol. The van der Waals surface area contributed by atoms with Gasteiger partial charge >= 0.3 is 0 Å². The third kappa shape index (κ3) is 2.84. The van der Waals surface area contributed by atoms with Gasteiger partial charge in [-0.2, -0.15) is 0 Å². The fourth-order valence-electron chi connectivity index (χ4n) is 1.06. The molecule has 0 amide bonds. The van der Waals surface area contributed by atoms with Crippen LogP contribution in [0, 0.1) is 0 Å². The molecule has 0 saturated carbocycles. The van der Waals surface area contributed by atoms with Crippen molar-refractivity contribution in [1.29, 1.82) is 0 Å². The van der Waals surface area contributed by atoms with Gasteiger partial charge in [0.1, 0.15) is 5.75 Å². The Labute approximate surface area is 83.5 Å². The number of ether oxygens (including phenoxy) is 1. The van der Waals surface area contributed by atoms with Crippen molar-refractivity contribution >= 4 is 17.4 Å². The van der Waals surface area contributed by atoms with Crippen LogP contribution in [0.2, 0.25) is 0 Å². The molecule has 1 rings (SSSR count). The summed E-state index contributed by atoms with van der Waals surface area (Å²) >= 11 is 1.80. The number of nitrogens with two attached hydrogens (primary N) is 1. The van der Waals surface area contributed by atoms with Crippen LogP contribution >= 0.6 is 11.8 Å². The Morgan fingerprint density at radius 1 is 1.38 bits per heavy atom. The Kier molecular flexibility index (Phi) is 3.48. The Balaban J connectivity index is 2.83. The number of anilines is 1. The molecule has 0 bridgehead atoms. The van der Waals surface area contributed by atoms with Crippen LogP contribution in [0.5, 0.6) is 5.75 Å². The highest BCUT2D eigenvalue weighted by Gasteiger charge is 2.02. The summed E-state index contributed by atoms with van der Waals surface area (Å²) in [6, 6.07) is 5.88. The van der Waals surface area contributed by atoms with E-state index in [2.05, 4.69) is 13.8 Å². The van der Waals surface area contributed by atoms with Gasteiger partial charge in [-0.15, -0.1) is 11.8 Å². The molecule has 0 heterocycles. The average molecular weight is 197 g/mol. The number of thioether (sulfide) groups is 1. The van der Waals surface area contributed by atoms with E-state index in [0.717, 1.165) is 5.75 Å². The second kappa shape index (κ2) is 4.42. The van der Waals surface area contributed by atoms with Crippen molar-refractivity contribution < 1.29 is 4.74 Å². The lowest BCUT2D eigenvalue weighted by molar-refractivity contribution is 0.416. The third-order valence-corrected chi connectivity index (χ3v) is 2.57. The molecule has 0 aromatic heterocycles. The first-order valence-corrected chi connectivity index (χ1v) is 5.11. The largest absolute Gasteiger partial charge is 0.495 e. The van der Waals surface area contributed by atoms with Crippen molar-refractivity contribution in [2.75, 3.05) is 12.8 Å². The minimum Gasteiger partial charge on any atom is -0.495 e. The van der Waals surface area contributed by atoms with Crippen LogP contribution in [0.15, 0.2) is 23.1 Å². The topological polar surface area (TPSA) is 35.2 Å². The van der Waals surface area contributed by atoms with Crippen molar-refractivity contribution in [2.24, 2.45) is 0 Å². The maximum atomic E-state index is 5.77. The zero-order valence-corrected chi connectivity index (χ0v) is 9.02. The van der Waals surface area contributed by atoms with Crippen LogP contribution in [-0.4, -0.2) is 12.4 Å². The van der Waals surface area contributed by atoms with E-state index in [-0.39, 0.29) is 0 Å². The summed E-state index contributed by atoms with van der Waals surface area (Å²) in [4.78, 5) is 1.19. The summed E-state index contributed by atoms with van der Waals surface area (Å²) in [7, 11) is 1.63. The first-order chi connectivity index (χ1) is 6.13. The molecule has 13 heavy (non-hydrogen) atoms. The predicted molar refractivity (Wildman–Crippen MR) is 58.4 cm³/mol. The highest BCUT2D eigenvalue weighted by molar-refractivity contribution is 7.99. The minimum atomic E-state index is 0.577. The van der Waals surface area contributed by atoms with Gasteiger partial charge in [-0.25, -0.2) is 0 Å². The summed E-state index contributed by atoms with van der Waals surface area (Å²) in [6.07, 6.45) is 0. The van der Waals surface area contributed by atoms with Crippen molar-refractivity contribution in [3.8, 4) is 5.75 Å². The molecule has 3 heteroatoms. The molecule has 1 aromatic rings. The zero-order valence-electron chi connectivity index (χ0n) is 8.20. The summed E-state index contributed by atoms with van der Waals surface area (Å²) in [5.74, 6) is 0.744. The number of hydrogen-bond donors (Lipinski definition) is 1. The van der Waals surface area contributed by atoms with Gasteiger partial charge in [-0.3, -0.25) is 0 Å². The SMILES string of the molecule is COc1ccc(SC(C)C)cc1N. The van der Waals surface area contributed by atoms with E-state index in [9.17, 15) is 0 Å². The van der Waals surface area contributed by atoms with Crippen LogP contribution in [0.4, 0.5) is 5.69 Å². The highest BCUT2D eigenvalue weighted by atomic mass is 32.2. The molecular formula is C10H15NOS. The summed E-state index contributed by atoms with van der Waals surface area (Å²) in [5, 5.41) is 0.577. The molecule has 0 saturated heterocycles. The van der Waals surface area contributed by atoms with Crippen LogP contribution in [0.25, 0.3) is 0 Å². The fourth-order valence-corrected chi connectivity index (χ4v) is 1.94. The summed E-state index contributed by atoms with van der Waals surface area (Å²) in [6.45, 7) is 4.32. The van der Waals surface area contributed by atoms with E-state index < -0.39 is 0 Å². The van der Waals surface area contributed by atoms with Gasteiger partial charge in [0.05, 0.1) is 12.8 Å². The summed E-state index contributed by atoms with van der Waals surface area (Å²) < 4.78 is 5.07. The van der Waals surface area contributed by atoms with Crippen LogP contribution < -0.4 is 10.5 Å². The van der Waals surface area contributed by atoms with Gasteiger partial charge in [0.2, 0.25) is 0 Å². The first-order valence-electron chi connectivity index (χ1n) is 4.23. The fraction of sp³-hybridized carbons (Fsp3) is 0.400. The van der Waals surface area contributed by atoms with Gasteiger partial charge in [-0.1, -0.05) is 13.8 Å². The van der Waals surface area contributed by atoms with E-state index in [0.29, 0.717) is 10.9 Å². The van der Waals surface area contributed by atoms with Gasteiger partial charge < -0.3 is 10.5 Å². The second-order valence-electron chi connectivity index (χ2n) is 3.07. The van der Waals surface area contributed by atoms with Crippen LogP contribution in [0.3, 0.4) is 0 Å². The van der Waals surface area contributed by atoms with E-state index >= 15 is 0 Å². The molecule has 2 N–H and O–H groups in total. The monoisotopic (exact) mass is 197 g/mol. The minimum absolute atomic E-state index is 0.577. The Hall–Kier alpha value is -0.830. The molecule has 72 valence electrons. The third-order valence-electron chi connectivity index (χ3n) is 1.57. The molecule has 2 nitrogen and oxygen atoms in total. The van der Waals surface area contributed by atoms with E-state index in [1.54, 1.807) is 18.9 Å². The van der Waals surface area contributed by atoms with E-state index in [1.165, 1.54) is 4.90 Å². The van der Waals surface area contributed by atoms with Crippen molar-refractivity contribution in [3.05, 3.63) is 18.2 Å².